The normalized spacial score (nSPS) is 42.0. The predicted octanol–water partition coefficient (Wildman–Crippen LogP) is 3.20. The lowest BCUT2D eigenvalue weighted by molar-refractivity contribution is 0.167. The molecule has 0 radical (unpaired) electrons. The van der Waals surface area contributed by atoms with Crippen molar-refractivity contribution in [2.24, 2.45) is 17.3 Å². The van der Waals surface area contributed by atoms with E-state index in [0.717, 1.165) is 11.8 Å². The third kappa shape index (κ3) is 1.98. The largest absolute Gasteiger partial charge is 0.312 e. The van der Waals surface area contributed by atoms with Crippen LogP contribution in [0.3, 0.4) is 0 Å². The molecule has 0 aromatic rings. The van der Waals surface area contributed by atoms with Gasteiger partial charge in [0.15, 0.2) is 0 Å². The molecule has 1 heteroatoms. The summed E-state index contributed by atoms with van der Waals surface area (Å²) in [6.45, 7) is 10.5. The van der Waals surface area contributed by atoms with Gasteiger partial charge in [-0.15, -0.1) is 0 Å². The highest BCUT2D eigenvalue weighted by atomic mass is 15.0. The van der Waals surface area contributed by atoms with Crippen molar-refractivity contribution in [3.63, 3.8) is 0 Å². The van der Waals surface area contributed by atoms with Crippen LogP contribution in [-0.4, -0.2) is 12.1 Å². The van der Waals surface area contributed by atoms with Gasteiger partial charge in [0, 0.05) is 12.1 Å². The van der Waals surface area contributed by atoms with Crippen molar-refractivity contribution in [1.29, 1.82) is 0 Å². The van der Waals surface area contributed by atoms with Gasteiger partial charge in [0.05, 0.1) is 0 Å². The summed E-state index contributed by atoms with van der Waals surface area (Å²) in [5.74, 6) is 2.08. The van der Waals surface area contributed by atoms with Crippen LogP contribution in [0.15, 0.2) is 0 Å². The van der Waals surface area contributed by atoms with E-state index in [9.17, 15) is 0 Å². The molecule has 0 spiro atoms. The summed E-state index contributed by atoms with van der Waals surface area (Å²) in [5.41, 5.74) is 0.890. The fourth-order valence-electron chi connectivity index (χ4n) is 3.40. The van der Waals surface area contributed by atoms with E-state index in [1.165, 1.54) is 32.2 Å². The molecule has 1 N–H and O–H groups in total. The molecule has 2 aliphatic rings. The minimum absolute atomic E-state index is 0.283. The Bertz CT molecular complexity index is 216. The van der Waals surface area contributed by atoms with Crippen LogP contribution in [0.2, 0.25) is 0 Å². The highest BCUT2D eigenvalue weighted by molar-refractivity contribution is 4.99. The third-order valence-corrected chi connectivity index (χ3v) is 4.30. The molecule has 0 aromatic carbocycles. The van der Waals surface area contributed by atoms with Gasteiger partial charge in [-0.3, -0.25) is 0 Å². The van der Waals surface area contributed by atoms with Crippen molar-refractivity contribution in [3.05, 3.63) is 0 Å². The van der Waals surface area contributed by atoms with Crippen LogP contribution in [-0.2, 0) is 0 Å². The van der Waals surface area contributed by atoms with Crippen LogP contribution in [0.4, 0.5) is 0 Å². The van der Waals surface area contributed by atoms with Gasteiger partial charge in [0.1, 0.15) is 0 Å². The molecule has 0 amide bonds. The predicted molar refractivity (Wildman–Crippen MR) is 61.3 cm³/mol. The van der Waals surface area contributed by atoms with Gasteiger partial charge in [-0.25, -0.2) is 0 Å². The topological polar surface area (TPSA) is 12.0 Å². The maximum Gasteiger partial charge on any atom is 0.00967 e. The molecule has 2 saturated carbocycles. The summed E-state index contributed by atoms with van der Waals surface area (Å²) in [6, 6.07) is 0. The first-order valence-corrected chi connectivity index (χ1v) is 6.14. The Kier molecular flexibility index (Phi) is 2.42. The number of fused-ring (bicyclic) bond motifs is 2. The molecule has 14 heavy (non-hydrogen) atoms. The van der Waals surface area contributed by atoms with Gasteiger partial charge in [-0.1, -0.05) is 13.3 Å². The first-order valence-electron chi connectivity index (χ1n) is 6.14. The molecular formula is C13H25N. The first-order chi connectivity index (χ1) is 6.39. The Balaban J connectivity index is 1.91. The monoisotopic (exact) mass is 195 g/mol. The molecule has 0 aliphatic heterocycles. The molecule has 2 aliphatic carbocycles. The van der Waals surface area contributed by atoms with Crippen LogP contribution in [0, 0.1) is 17.3 Å². The fraction of sp³-hybridized carbons (Fsp3) is 1.00. The fourth-order valence-corrected chi connectivity index (χ4v) is 3.40. The van der Waals surface area contributed by atoms with E-state index in [2.05, 4.69) is 33.0 Å². The summed E-state index contributed by atoms with van der Waals surface area (Å²) in [6.07, 6.45) is 5.99. The second-order valence-electron chi connectivity index (χ2n) is 6.84. The smallest absolute Gasteiger partial charge is 0.00967 e. The lowest BCUT2D eigenvalue weighted by atomic mass is 9.74. The Morgan fingerprint density at radius 2 is 2.00 bits per heavy atom. The van der Waals surface area contributed by atoms with E-state index >= 15 is 0 Å². The van der Waals surface area contributed by atoms with Crippen LogP contribution < -0.4 is 5.32 Å². The number of hydrogen-bond donors (Lipinski definition) is 1. The maximum atomic E-state index is 3.69. The lowest BCUT2D eigenvalue weighted by Crippen LogP contribution is -2.44. The molecule has 0 aromatic heterocycles. The standard InChI is InChI=1S/C13H25N/c1-12(2,3)14-9-13(4)8-10-5-6-11(13)7-10/h10-11,14H,5-9H2,1-4H3. The van der Waals surface area contributed by atoms with Crippen LogP contribution in [0.1, 0.15) is 53.4 Å². The van der Waals surface area contributed by atoms with Gasteiger partial charge >= 0.3 is 0 Å². The van der Waals surface area contributed by atoms with Crippen LogP contribution >= 0.6 is 0 Å². The van der Waals surface area contributed by atoms with E-state index < -0.39 is 0 Å². The van der Waals surface area contributed by atoms with Gasteiger partial charge in [-0.05, 0) is 57.3 Å². The molecule has 2 rings (SSSR count). The number of rotatable bonds is 2. The molecule has 1 nitrogen and oxygen atoms in total. The average molecular weight is 195 g/mol. The van der Waals surface area contributed by atoms with Crippen molar-refractivity contribution in [3.8, 4) is 0 Å². The minimum Gasteiger partial charge on any atom is -0.312 e. The highest BCUT2D eigenvalue weighted by Crippen LogP contribution is 2.55. The van der Waals surface area contributed by atoms with Crippen molar-refractivity contribution < 1.29 is 0 Å². The Morgan fingerprint density at radius 3 is 2.43 bits per heavy atom. The second kappa shape index (κ2) is 3.23. The zero-order valence-electron chi connectivity index (χ0n) is 10.2. The lowest BCUT2D eigenvalue weighted by Gasteiger charge is -2.37. The van der Waals surface area contributed by atoms with Crippen molar-refractivity contribution in [2.75, 3.05) is 6.54 Å². The van der Waals surface area contributed by atoms with E-state index in [0.29, 0.717) is 5.41 Å². The Hall–Kier alpha value is -0.0400. The minimum atomic E-state index is 0.283. The molecule has 3 unspecified atom stereocenters. The van der Waals surface area contributed by atoms with Gasteiger partial charge < -0.3 is 5.32 Å². The Labute approximate surface area is 88.7 Å². The number of nitrogens with one attached hydrogen (secondary N) is 1. The number of hydrogen-bond acceptors (Lipinski definition) is 1. The van der Waals surface area contributed by atoms with Crippen molar-refractivity contribution >= 4 is 0 Å². The molecule has 0 heterocycles. The molecule has 3 atom stereocenters. The summed E-state index contributed by atoms with van der Waals surface area (Å²) in [4.78, 5) is 0. The van der Waals surface area contributed by atoms with Crippen molar-refractivity contribution in [1.82, 2.24) is 5.32 Å². The molecular weight excluding hydrogens is 170 g/mol. The maximum absolute atomic E-state index is 3.69. The van der Waals surface area contributed by atoms with Gasteiger partial charge in [0.25, 0.3) is 0 Å². The zero-order valence-corrected chi connectivity index (χ0v) is 10.2. The zero-order chi connectivity index (χ0) is 10.4. The van der Waals surface area contributed by atoms with E-state index in [1.807, 2.05) is 0 Å². The quantitative estimate of drug-likeness (QED) is 0.713. The summed E-state index contributed by atoms with van der Waals surface area (Å²) >= 11 is 0. The van der Waals surface area contributed by atoms with Crippen LogP contribution in [0.5, 0.6) is 0 Å². The van der Waals surface area contributed by atoms with Gasteiger partial charge in [-0.2, -0.15) is 0 Å². The summed E-state index contributed by atoms with van der Waals surface area (Å²) < 4.78 is 0. The van der Waals surface area contributed by atoms with E-state index in [4.69, 9.17) is 0 Å². The summed E-state index contributed by atoms with van der Waals surface area (Å²) in [7, 11) is 0. The highest BCUT2D eigenvalue weighted by Gasteiger charge is 2.47. The molecule has 82 valence electrons. The van der Waals surface area contributed by atoms with Crippen LogP contribution in [0.25, 0.3) is 0 Å². The van der Waals surface area contributed by atoms with E-state index in [1.54, 1.807) is 0 Å². The van der Waals surface area contributed by atoms with Crippen molar-refractivity contribution in [2.45, 2.75) is 58.9 Å². The molecule has 0 saturated heterocycles. The first kappa shape index (κ1) is 10.5. The van der Waals surface area contributed by atoms with E-state index in [-0.39, 0.29) is 5.54 Å². The third-order valence-electron chi connectivity index (χ3n) is 4.30. The average Bonchev–Trinajstić information content (AvgIpc) is 2.59. The molecule has 2 bridgehead atoms. The SMILES string of the molecule is CC(C)(C)NCC1(C)CC2CCC1C2. The Morgan fingerprint density at radius 1 is 1.29 bits per heavy atom. The summed E-state index contributed by atoms with van der Waals surface area (Å²) in [5, 5.41) is 3.69. The molecule has 2 fully saturated rings. The second-order valence-corrected chi connectivity index (χ2v) is 6.84. The van der Waals surface area contributed by atoms with Gasteiger partial charge in [0.2, 0.25) is 0 Å².